The number of hydrogen-bond donors (Lipinski definition) is 2. The molecule has 148 valence electrons. The molecular formula is C20H22ClN3O4. The molecule has 0 unspecified atom stereocenters. The summed E-state index contributed by atoms with van der Waals surface area (Å²) < 4.78 is 10.5. The Hall–Kier alpha value is -3.06. The Kier molecular flexibility index (Phi) is 7.83. The summed E-state index contributed by atoms with van der Waals surface area (Å²) in [6, 6.07) is 12.1. The maximum absolute atomic E-state index is 12.1. The highest BCUT2D eigenvalue weighted by molar-refractivity contribution is 6.30. The third kappa shape index (κ3) is 6.92. The fourth-order valence-corrected chi connectivity index (χ4v) is 2.49. The van der Waals surface area contributed by atoms with E-state index in [9.17, 15) is 9.59 Å². The molecule has 0 saturated carbocycles. The standard InChI is InChI=1S/C20H22ClN3O4/c1-13-9-15(21)7-8-18(13)22-19(25)10-14(2)23-24-20(26)12-28-17-6-4-5-16(11-17)27-3/h4-9,11H,10,12H2,1-3H3,(H,22,25)(H,24,26)/b23-14+. The van der Waals surface area contributed by atoms with Gasteiger partial charge in [-0.1, -0.05) is 17.7 Å². The van der Waals surface area contributed by atoms with Crippen LogP contribution in [0.2, 0.25) is 5.02 Å². The van der Waals surface area contributed by atoms with Crippen LogP contribution >= 0.6 is 11.6 Å². The molecule has 2 amide bonds. The largest absolute Gasteiger partial charge is 0.497 e. The average Bonchev–Trinajstić information content (AvgIpc) is 2.67. The van der Waals surface area contributed by atoms with E-state index in [1.54, 1.807) is 56.5 Å². The number of ether oxygens (including phenoxy) is 2. The predicted molar refractivity (Wildman–Crippen MR) is 109 cm³/mol. The number of benzene rings is 2. The normalized spacial score (nSPS) is 10.9. The second-order valence-corrected chi connectivity index (χ2v) is 6.47. The zero-order valence-corrected chi connectivity index (χ0v) is 16.7. The van der Waals surface area contributed by atoms with Crippen molar-refractivity contribution in [3.05, 3.63) is 53.1 Å². The smallest absolute Gasteiger partial charge is 0.277 e. The summed E-state index contributed by atoms with van der Waals surface area (Å²) in [5.41, 5.74) is 4.36. The molecule has 2 N–H and O–H groups in total. The van der Waals surface area contributed by atoms with Gasteiger partial charge in [-0.3, -0.25) is 9.59 Å². The van der Waals surface area contributed by atoms with E-state index in [-0.39, 0.29) is 18.9 Å². The van der Waals surface area contributed by atoms with Crippen molar-refractivity contribution < 1.29 is 19.1 Å². The van der Waals surface area contributed by atoms with Crippen LogP contribution in [0.1, 0.15) is 18.9 Å². The Labute approximate surface area is 168 Å². The van der Waals surface area contributed by atoms with Crippen molar-refractivity contribution in [2.75, 3.05) is 19.0 Å². The highest BCUT2D eigenvalue weighted by atomic mass is 35.5. The summed E-state index contributed by atoms with van der Waals surface area (Å²) in [7, 11) is 1.55. The van der Waals surface area contributed by atoms with Crippen LogP contribution in [-0.4, -0.2) is 31.2 Å². The van der Waals surface area contributed by atoms with Crippen molar-refractivity contribution in [1.29, 1.82) is 0 Å². The van der Waals surface area contributed by atoms with E-state index in [0.717, 1.165) is 5.56 Å². The number of methoxy groups -OCH3 is 1. The number of aryl methyl sites for hydroxylation is 1. The quantitative estimate of drug-likeness (QED) is 0.521. The van der Waals surface area contributed by atoms with Crippen molar-refractivity contribution in [2.24, 2.45) is 5.10 Å². The molecule has 0 aromatic heterocycles. The molecule has 0 fully saturated rings. The molecule has 28 heavy (non-hydrogen) atoms. The van der Waals surface area contributed by atoms with E-state index < -0.39 is 5.91 Å². The summed E-state index contributed by atoms with van der Waals surface area (Å²) in [6.45, 7) is 3.29. The van der Waals surface area contributed by atoms with Gasteiger partial charge in [0.05, 0.1) is 13.5 Å². The van der Waals surface area contributed by atoms with Crippen LogP contribution in [0.4, 0.5) is 5.69 Å². The number of amides is 2. The van der Waals surface area contributed by atoms with Gasteiger partial charge in [0.25, 0.3) is 5.91 Å². The molecule has 0 radical (unpaired) electrons. The minimum absolute atomic E-state index is 0.0408. The van der Waals surface area contributed by atoms with E-state index in [4.69, 9.17) is 21.1 Å². The van der Waals surface area contributed by atoms with Crippen molar-refractivity contribution in [2.45, 2.75) is 20.3 Å². The van der Waals surface area contributed by atoms with E-state index >= 15 is 0 Å². The number of halogens is 1. The Morgan fingerprint density at radius 1 is 1.11 bits per heavy atom. The van der Waals surface area contributed by atoms with Crippen LogP contribution < -0.4 is 20.2 Å². The summed E-state index contributed by atoms with van der Waals surface area (Å²) in [4.78, 5) is 23.9. The van der Waals surface area contributed by atoms with Crippen LogP contribution in [0.5, 0.6) is 11.5 Å². The van der Waals surface area contributed by atoms with Gasteiger partial charge in [-0.2, -0.15) is 5.10 Å². The van der Waals surface area contributed by atoms with E-state index in [2.05, 4.69) is 15.8 Å². The highest BCUT2D eigenvalue weighted by Crippen LogP contribution is 2.20. The third-order valence-corrected chi connectivity index (χ3v) is 3.90. The molecule has 0 heterocycles. The lowest BCUT2D eigenvalue weighted by atomic mass is 10.2. The van der Waals surface area contributed by atoms with E-state index in [1.807, 2.05) is 6.92 Å². The summed E-state index contributed by atoms with van der Waals surface area (Å²) in [6.07, 6.45) is 0.0408. The molecule has 0 saturated heterocycles. The number of nitrogens with one attached hydrogen (secondary N) is 2. The van der Waals surface area contributed by atoms with Gasteiger partial charge in [-0.15, -0.1) is 0 Å². The third-order valence-electron chi connectivity index (χ3n) is 3.66. The van der Waals surface area contributed by atoms with Gasteiger partial charge in [-0.05, 0) is 49.7 Å². The minimum Gasteiger partial charge on any atom is -0.497 e. The van der Waals surface area contributed by atoms with Gasteiger partial charge in [-0.25, -0.2) is 5.43 Å². The van der Waals surface area contributed by atoms with Gasteiger partial charge in [0, 0.05) is 22.5 Å². The molecule has 7 nitrogen and oxygen atoms in total. The first kappa shape index (κ1) is 21.2. The Morgan fingerprint density at radius 2 is 1.86 bits per heavy atom. The second-order valence-electron chi connectivity index (χ2n) is 6.03. The van der Waals surface area contributed by atoms with Crippen molar-refractivity contribution in [1.82, 2.24) is 5.43 Å². The van der Waals surface area contributed by atoms with Gasteiger partial charge in [0.1, 0.15) is 11.5 Å². The number of carbonyl (C=O) groups excluding carboxylic acids is 2. The number of anilines is 1. The SMILES string of the molecule is COc1cccc(OCC(=O)N/N=C(\C)CC(=O)Nc2ccc(Cl)cc2C)c1. The van der Waals surface area contributed by atoms with E-state index in [0.29, 0.717) is 27.9 Å². The summed E-state index contributed by atoms with van der Waals surface area (Å²) >= 11 is 5.90. The number of nitrogens with zero attached hydrogens (tertiary/aromatic N) is 1. The molecule has 0 aliphatic carbocycles. The summed E-state index contributed by atoms with van der Waals surface area (Å²) in [5.74, 6) is 0.464. The lowest BCUT2D eigenvalue weighted by Gasteiger charge is -2.09. The lowest BCUT2D eigenvalue weighted by Crippen LogP contribution is -2.26. The number of rotatable bonds is 8. The molecule has 2 rings (SSSR count). The zero-order chi connectivity index (χ0) is 20.5. The van der Waals surface area contributed by atoms with Crippen molar-refractivity contribution in [3.8, 4) is 11.5 Å². The number of hydrazone groups is 1. The monoisotopic (exact) mass is 403 g/mol. The maximum Gasteiger partial charge on any atom is 0.277 e. The Balaban J connectivity index is 1.79. The summed E-state index contributed by atoms with van der Waals surface area (Å²) in [5, 5.41) is 7.31. The van der Waals surface area contributed by atoms with Crippen molar-refractivity contribution in [3.63, 3.8) is 0 Å². The van der Waals surface area contributed by atoms with Gasteiger partial charge < -0.3 is 14.8 Å². The van der Waals surface area contributed by atoms with E-state index in [1.165, 1.54) is 0 Å². The second kappa shape index (κ2) is 10.3. The highest BCUT2D eigenvalue weighted by Gasteiger charge is 2.08. The Bertz CT molecular complexity index is 884. The molecule has 8 heteroatoms. The fourth-order valence-electron chi connectivity index (χ4n) is 2.26. The van der Waals surface area contributed by atoms with Gasteiger partial charge in [0.15, 0.2) is 6.61 Å². The first-order valence-electron chi connectivity index (χ1n) is 8.52. The first-order valence-corrected chi connectivity index (χ1v) is 8.90. The van der Waals surface area contributed by atoms with Crippen molar-refractivity contribution >= 4 is 34.8 Å². The minimum atomic E-state index is -0.434. The molecule has 2 aromatic rings. The molecule has 0 aliphatic rings. The molecule has 0 atom stereocenters. The Morgan fingerprint density at radius 3 is 2.57 bits per heavy atom. The molecule has 0 aliphatic heterocycles. The number of carbonyl (C=O) groups is 2. The lowest BCUT2D eigenvalue weighted by molar-refractivity contribution is -0.123. The molecule has 0 spiro atoms. The maximum atomic E-state index is 12.1. The van der Waals surface area contributed by atoms with Crippen LogP contribution in [0.3, 0.4) is 0 Å². The molecule has 0 bridgehead atoms. The first-order chi connectivity index (χ1) is 13.4. The van der Waals surface area contributed by atoms with Crippen LogP contribution in [0.15, 0.2) is 47.6 Å². The zero-order valence-electron chi connectivity index (χ0n) is 15.9. The fraction of sp³-hybridized carbons (Fsp3) is 0.250. The van der Waals surface area contributed by atoms with Crippen LogP contribution in [0.25, 0.3) is 0 Å². The number of hydrogen-bond acceptors (Lipinski definition) is 5. The topological polar surface area (TPSA) is 89.0 Å². The van der Waals surface area contributed by atoms with Crippen LogP contribution in [0, 0.1) is 6.92 Å². The molecular weight excluding hydrogens is 382 g/mol. The average molecular weight is 404 g/mol. The predicted octanol–water partition coefficient (Wildman–Crippen LogP) is 3.56. The molecule has 2 aromatic carbocycles. The van der Waals surface area contributed by atoms with Gasteiger partial charge in [0.2, 0.25) is 5.91 Å². The van der Waals surface area contributed by atoms with Gasteiger partial charge >= 0.3 is 0 Å². The van der Waals surface area contributed by atoms with Crippen LogP contribution in [-0.2, 0) is 9.59 Å².